The number of rotatable bonds is 4. The van der Waals surface area contributed by atoms with Gasteiger partial charge >= 0.3 is 5.97 Å². The smallest absolute Gasteiger partial charge is 0.352 e. The van der Waals surface area contributed by atoms with Crippen LogP contribution in [0.3, 0.4) is 0 Å². The summed E-state index contributed by atoms with van der Waals surface area (Å²) in [6.45, 7) is 1.53. The Bertz CT molecular complexity index is 807. The van der Waals surface area contributed by atoms with Gasteiger partial charge in [-0.15, -0.1) is 0 Å². The molecule has 2 amide bonds. The summed E-state index contributed by atoms with van der Waals surface area (Å²) in [7, 11) is -1.49. The van der Waals surface area contributed by atoms with Crippen molar-refractivity contribution in [3.8, 4) is 0 Å². The van der Waals surface area contributed by atoms with Crippen molar-refractivity contribution in [2.75, 3.05) is 5.75 Å². The van der Waals surface area contributed by atoms with Gasteiger partial charge in [0.2, 0.25) is 5.91 Å². The lowest BCUT2D eigenvalue weighted by atomic mass is 10.0. The molecule has 1 aromatic rings. The van der Waals surface area contributed by atoms with Crippen molar-refractivity contribution in [3.63, 3.8) is 0 Å². The lowest BCUT2D eigenvalue weighted by Crippen LogP contribution is -2.73. The minimum atomic E-state index is -1.49. The molecule has 9 heteroatoms. The molecule has 0 radical (unpaired) electrons. The Hall–Kier alpha value is -2.52. The van der Waals surface area contributed by atoms with Crippen molar-refractivity contribution in [1.29, 1.82) is 0 Å². The van der Waals surface area contributed by atoms with Gasteiger partial charge in [0.15, 0.2) is 0 Å². The molecule has 4 N–H and O–H groups in total. The van der Waals surface area contributed by atoms with Gasteiger partial charge in [0.25, 0.3) is 5.91 Å². The number of nitrogens with two attached hydrogens (primary N) is 1. The Morgan fingerprint density at radius 3 is 2.60 bits per heavy atom. The summed E-state index contributed by atoms with van der Waals surface area (Å²) in [6.07, 6.45) is 0. The lowest BCUT2D eigenvalue weighted by molar-refractivity contribution is -0.151. The Balaban J connectivity index is 1.78. The molecular formula is C16H17N3O5S. The molecule has 25 heavy (non-hydrogen) atoms. The van der Waals surface area contributed by atoms with Crippen LogP contribution in [0.5, 0.6) is 0 Å². The van der Waals surface area contributed by atoms with E-state index >= 15 is 0 Å². The maximum Gasteiger partial charge on any atom is 0.352 e. The highest BCUT2D eigenvalue weighted by molar-refractivity contribution is 7.86. The Morgan fingerprint density at radius 1 is 1.36 bits per heavy atom. The number of aliphatic carboxylic acids is 1. The molecule has 0 aromatic heterocycles. The highest BCUT2D eigenvalue weighted by atomic mass is 32.2. The third-order valence-corrected chi connectivity index (χ3v) is 6.00. The summed E-state index contributed by atoms with van der Waals surface area (Å²) in [6, 6.07) is 6.62. The number of carbonyl (C=O) groups is 3. The molecule has 0 saturated carbocycles. The van der Waals surface area contributed by atoms with Gasteiger partial charge in [0.05, 0.1) is 10.8 Å². The van der Waals surface area contributed by atoms with Crippen molar-refractivity contribution in [1.82, 2.24) is 10.2 Å². The predicted molar refractivity (Wildman–Crippen MR) is 89.3 cm³/mol. The second-order valence-electron chi connectivity index (χ2n) is 5.93. The maximum absolute atomic E-state index is 12.3. The van der Waals surface area contributed by atoms with Crippen LogP contribution in [-0.2, 0) is 25.2 Å². The Kier molecular flexibility index (Phi) is 4.44. The number of fused-ring (bicyclic) bond motifs is 1. The van der Waals surface area contributed by atoms with Gasteiger partial charge in [-0.05, 0) is 18.1 Å². The molecule has 3 rings (SSSR count). The molecule has 132 valence electrons. The first-order valence-electron chi connectivity index (χ1n) is 7.57. The molecule has 1 saturated heterocycles. The minimum Gasteiger partial charge on any atom is -0.477 e. The van der Waals surface area contributed by atoms with Crippen LogP contribution in [0.4, 0.5) is 0 Å². The predicted octanol–water partition coefficient (Wildman–Crippen LogP) is -0.540. The number of carbonyl (C=O) groups excluding carboxylic acids is 2. The summed E-state index contributed by atoms with van der Waals surface area (Å²) in [5.41, 5.74) is 6.69. The SMILES string of the molecule is CC1=C(C(=O)O)N2C(=O)[C@@H](NC(=O)[C@H](N)c3ccccc3)[C@@H]2[S@@](=O)C1. The molecule has 1 aromatic carbocycles. The van der Waals surface area contributed by atoms with E-state index in [1.807, 2.05) is 0 Å². The first-order valence-corrected chi connectivity index (χ1v) is 8.95. The zero-order valence-electron chi connectivity index (χ0n) is 13.3. The molecule has 0 unspecified atom stereocenters. The Morgan fingerprint density at radius 2 is 2.00 bits per heavy atom. The summed E-state index contributed by atoms with van der Waals surface area (Å²) >= 11 is 0. The van der Waals surface area contributed by atoms with Crippen LogP contribution in [0.1, 0.15) is 18.5 Å². The maximum atomic E-state index is 12.3. The zero-order chi connectivity index (χ0) is 18.3. The fraction of sp³-hybridized carbons (Fsp3) is 0.312. The summed E-state index contributed by atoms with van der Waals surface area (Å²) in [4.78, 5) is 37.0. The quantitative estimate of drug-likeness (QED) is 0.616. The van der Waals surface area contributed by atoms with Crippen LogP contribution in [0.25, 0.3) is 0 Å². The number of nitrogens with one attached hydrogen (secondary N) is 1. The van der Waals surface area contributed by atoms with Crippen LogP contribution in [0, 0.1) is 0 Å². The van der Waals surface area contributed by atoms with Gasteiger partial charge in [-0.2, -0.15) is 0 Å². The van der Waals surface area contributed by atoms with Crippen molar-refractivity contribution in [2.24, 2.45) is 5.73 Å². The van der Waals surface area contributed by atoms with Gasteiger partial charge in [-0.25, -0.2) is 4.79 Å². The number of amides is 2. The second kappa shape index (κ2) is 6.41. The monoisotopic (exact) mass is 363 g/mol. The number of carboxylic acids is 1. The highest BCUT2D eigenvalue weighted by Gasteiger charge is 2.56. The summed E-state index contributed by atoms with van der Waals surface area (Å²) in [5.74, 6) is -2.38. The fourth-order valence-corrected chi connectivity index (χ4v) is 4.68. The van der Waals surface area contributed by atoms with E-state index in [1.54, 1.807) is 30.3 Å². The van der Waals surface area contributed by atoms with E-state index in [-0.39, 0.29) is 11.4 Å². The zero-order valence-corrected chi connectivity index (χ0v) is 14.2. The van der Waals surface area contributed by atoms with E-state index < -0.39 is 46.0 Å². The number of carboxylic acid groups (broad SMARTS) is 1. The topological polar surface area (TPSA) is 130 Å². The van der Waals surface area contributed by atoms with E-state index in [1.165, 1.54) is 6.92 Å². The average Bonchev–Trinajstić information content (AvgIpc) is 2.58. The molecular weight excluding hydrogens is 346 g/mol. The van der Waals surface area contributed by atoms with E-state index in [9.17, 15) is 23.7 Å². The second-order valence-corrected chi connectivity index (χ2v) is 7.47. The average molecular weight is 363 g/mol. The molecule has 4 atom stereocenters. The van der Waals surface area contributed by atoms with E-state index in [0.29, 0.717) is 11.1 Å². The third-order valence-electron chi connectivity index (χ3n) is 4.26. The van der Waals surface area contributed by atoms with E-state index in [0.717, 1.165) is 4.90 Å². The molecule has 8 nitrogen and oxygen atoms in total. The molecule has 0 spiro atoms. The van der Waals surface area contributed by atoms with Gasteiger partial charge in [0.1, 0.15) is 23.2 Å². The summed E-state index contributed by atoms with van der Waals surface area (Å²) < 4.78 is 12.3. The molecule has 1 fully saturated rings. The van der Waals surface area contributed by atoms with Crippen molar-refractivity contribution in [3.05, 3.63) is 47.2 Å². The standard InChI is InChI=1S/C16H17N3O5S/c1-8-7-25(24)15-11(14(21)19(15)12(8)16(22)23)18-13(20)10(17)9-5-3-2-4-6-9/h2-6,10-11,15H,7,17H2,1H3,(H,18,20)(H,22,23)/t10-,11-,15+,25+/m1/s1. The van der Waals surface area contributed by atoms with Gasteiger partial charge in [0, 0.05) is 5.75 Å². The highest BCUT2D eigenvalue weighted by Crippen LogP contribution is 2.34. The van der Waals surface area contributed by atoms with E-state index in [4.69, 9.17) is 5.73 Å². The largest absolute Gasteiger partial charge is 0.477 e. The van der Waals surface area contributed by atoms with Crippen LogP contribution in [0.2, 0.25) is 0 Å². The normalized spacial score (nSPS) is 26.6. The van der Waals surface area contributed by atoms with Crippen LogP contribution >= 0.6 is 0 Å². The van der Waals surface area contributed by atoms with Crippen molar-refractivity contribution < 1.29 is 23.7 Å². The van der Waals surface area contributed by atoms with Gasteiger partial charge in [-0.1, -0.05) is 30.3 Å². The van der Waals surface area contributed by atoms with Crippen LogP contribution in [-0.4, -0.2) is 49.2 Å². The van der Waals surface area contributed by atoms with Crippen LogP contribution < -0.4 is 11.1 Å². The number of hydrogen-bond donors (Lipinski definition) is 3. The molecule has 2 heterocycles. The molecule has 2 aliphatic rings. The minimum absolute atomic E-state index is 0.0488. The van der Waals surface area contributed by atoms with Crippen molar-refractivity contribution in [2.45, 2.75) is 24.4 Å². The van der Waals surface area contributed by atoms with Gasteiger partial charge < -0.3 is 16.2 Å². The molecule has 2 aliphatic heterocycles. The third kappa shape index (κ3) is 2.85. The summed E-state index contributed by atoms with van der Waals surface area (Å²) in [5, 5.41) is 10.9. The van der Waals surface area contributed by atoms with E-state index in [2.05, 4.69) is 5.32 Å². The van der Waals surface area contributed by atoms with Crippen molar-refractivity contribution >= 4 is 28.6 Å². The number of nitrogens with zero attached hydrogens (tertiary/aromatic N) is 1. The van der Waals surface area contributed by atoms with Crippen LogP contribution in [0.15, 0.2) is 41.6 Å². The first kappa shape index (κ1) is 17.3. The first-order chi connectivity index (χ1) is 11.8. The molecule has 0 aliphatic carbocycles. The lowest BCUT2D eigenvalue weighted by Gasteiger charge is -2.49. The fourth-order valence-electron chi connectivity index (χ4n) is 3.02. The number of hydrogen-bond acceptors (Lipinski definition) is 5. The number of β-lactam (4-membered cyclic amide) rings is 1. The number of benzene rings is 1. The van der Waals surface area contributed by atoms with Gasteiger partial charge in [-0.3, -0.25) is 18.7 Å². The molecule has 0 bridgehead atoms. The Labute approximate surface area is 146 Å².